The lowest BCUT2D eigenvalue weighted by atomic mass is 10.1. The van der Waals surface area contributed by atoms with E-state index in [2.05, 4.69) is 19.2 Å². The van der Waals surface area contributed by atoms with Crippen molar-refractivity contribution in [2.24, 2.45) is 0 Å². The van der Waals surface area contributed by atoms with Crippen molar-refractivity contribution < 1.29 is 0 Å². The van der Waals surface area contributed by atoms with Gasteiger partial charge in [-0.1, -0.05) is 49.9 Å². The quantitative estimate of drug-likeness (QED) is 0.653. The first-order valence-electron chi connectivity index (χ1n) is 6.26. The molecule has 98 valence electrons. The predicted molar refractivity (Wildman–Crippen MR) is 79.6 cm³/mol. The summed E-state index contributed by atoms with van der Waals surface area (Å²) in [6.07, 6.45) is 6.07. The molecule has 0 spiro atoms. The summed E-state index contributed by atoms with van der Waals surface area (Å²) in [6, 6.07) is 2.59. The zero-order chi connectivity index (χ0) is 12.7. The minimum atomic E-state index is 0.599. The third-order valence-electron chi connectivity index (χ3n) is 2.65. The number of hydrogen-bond acceptors (Lipinski definition) is 2. The van der Waals surface area contributed by atoms with Gasteiger partial charge in [-0.3, -0.25) is 0 Å². The molecule has 1 aromatic rings. The number of unbranched alkanes of at least 4 members (excludes halogenated alkanes) is 3. The highest BCUT2D eigenvalue weighted by Crippen LogP contribution is 2.32. The van der Waals surface area contributed by atoms with Crippen molar-refractivity contribution in [3.8, 4) is 0 Å². The summed E-state index contributed by atoms with van der Waals surface area (Å²) in [4.78, 5) is 0. The van der Waals surface area contributed by atoms with Crippen LogP contribution in [0.15, 0.2) is 6.07 Å². The maximum Gasteiger partial charge on any atom is 0.0976 e. The molecule has 0 aromatic carbocycles. The van der Waals surface area contributed by atoms with Gasteiger partial charge in [-0.15, -0.1) is 11.3 Å². The van der Waals surface area contributed by atoms with Crippen LogP contribution < -0.4 is 5.32 Å². The second-order valence-electron chi connectivity index (χ2n) is 4.62. The number of thiophene rings is 1. The molecule has 0 aliphatic carbocycles. The summed E-state index contributed by atoms with van der Waals surface area (Å²) in [5, 5.41) is 3.43. The monoisotopic (exact) mass is 293 g/mol. The van der Waals surface area contributed by atoms with E-state index in [9.17, 15) is 0 Å². The van der Waals surface area contributed by atoms with Crippen molar-refractivity contribution >= 4 is 34.5 Å². The lowest BCUT2D eigenvalue weighted by Gasteiger charge is -2.07. The van der Waals surface area contributed by atoms with Gasteiger partial charge in [-0.05, 0) is 37.4 Å². The van der Waals surface area contributed by atoms with E-state index in [1.165, 1.54) is 42.6 Å². The van der Waals surface area contributed by atoms with Crippen LogP contribution in [0, 0.1) is 0 Å². The average molecular weight is 294 g/mol. The van der Waals surface area contributed by atoms with E-state index < -0.39 is 0 Å². The largest absolute Gasteiger partial charge is 0.315 e. The highest BCUT2D eigenvalue weighted by atomic mass is 35.5. The molecule has 0 fully saturated rings. The predicted octanol–water partition coefficient (Wildman–Crippen LogP) is 5.16. The Morgan fingerprint density at radius 1 is 1.18 bits per heavy atom. The number of hydrogen-bond donors (Lipinski definition) is 1. The number of aryl methyl sites for hydroxylation is 1. The Kier molecular flexibility index (Phi) is 7.52. The second-order valence-corrected chi connectivity index (χ2v) is 6.91. The Labute approximate surface area is 119 Å². The van der Waals surface area contributed by atoms with E-state index in [0.717, 1.165) is 21.6 Å². The molecular formula is C13H21Cl2NS. The van der Waals surface area contributed by atoms with Crippen LogP contribution in [0.4, 0.5) is 0 Å². The fourth-order valence-electron chi connectivity index (χ4n) is 1.73. The standard InChI is InChI=1S/C13H21Cl2NS/c1-10(2)16-8-6-4-3-5-7-11-9-12(14)17-13(11)15/h9-10,16H,3-8H2,1-2H3. The Hall–Kier alpha value is 0.240. The minimum Gasteiger partial charge on any atom is -0.315 e. The van der Waals surface area contributed by atoms with E-state index in [0.29, 0.717) is 6.04 Å². The number of rotatable bonds is 8. The molecule has 1 rings (SSSR count). The molecule has 1 nitrogen and oxygen atoms in total. The van der Waals surface area contributed by atoms with Crippen LogP contribution >= 0.6 is 34.5 Å². The number of halogens is 2. The first-order chi connectivity index (χ1) is 8.09. The van der Waals surface area contributed by atoms with Crippen LogP contribution in [0.1, 0.15) is 45.1 Å². The Bertz CT molecular complexity index is 323. The van der Waals surface area contributed by atoms with Gasteiger partial charge >= 0.3 is 0 Å². The molecule has 1 N–H and O–H groups in total. The molecule has 0 aliphatic heterocycles. The molecule has 0 saturated carbocycles. The van der Waals surface area contributed by atoms with E-state index in [4.69, 9.17) is 23.2 Å². The Morgan fingerprint density at radius 2 is 1.88 bits per heavy atom. The molecule has 1 aromatic heterocycles. The molecule has 4 heteroatoms. The summed E-state index contributed by atoms with van der Waals surface area (Å²) in [7, 11) is 0. The molecule has 0 bridgehead atoms. The SMILES string of the molecule is CC(C)NCCCCCCc1cc(Cl)sc1Cl. The number of nitrogens with one attached hydrogen (secondary N) is 1. The van der Waals surface area contributed by atoms with Crippen LogP contribution in [0.3, 0.4) is 0 Å². The molecule has 0 aliphatic rings. The second kappa shape index (κ2) is 8.36. The molecule has 0 radical (unpaired) electrons. The summed E-state index contributed by atoms with van der Waals surface area (Å²) in [6.45, 7) is 5.49. The minimum absolute atomic E-state index is 0.599. The maximum atomic E-state index is 6.07. The van der Waals surface area contributed by atoms with E-state index in [-0.39, 0.29) is 0 Å². The normalized spacial score (nSPS) is 11.4. The molecule has 0 unspecified atom stereocenters. The van der Waals surface area contributed by atoms with E-state index in [1.54, 1.807) is 0 Å². The maximum absolute atomic E-state index is 6.07. The van der Waals surface area contributed by atoms with Crippen LogP contribution in [0.5, 0.6) is 0 Å². The van der Waals surface area contributed by atoms with Crippen molar-refractivity contribution in [2.75, 3.05) is 6.54 Å². The molecule has 1 heterocycles. The highest BCUT2D eigenvalue weighted by molar-refractivity contribution is 7.20. The Balaban J connectivity index is 2.03. The first-order valence-corrected chi connectivity index (χ1v) is 7.84. The molecular weight excluding hydrogens is 273 g/mol. The van der Waals surface area contributed by atoms with E-state index >= 15 is 0 Å². The van der Waals surface area contributed by atoms with Crippen molar-refractivity contribution in [1.29, 1.82) is 0 Å². The van der Waals surface area contributed by atoms with Gasteiger partial charge in [0.1, 0.15) is 0 Å². The van der Waals surface area contributed by atoms with Gasteiger partial charge < -0.3 is 5.32 Å². The Morgan fingerprint density at radius 3 is 2.47 bits per heavy atom. The topological polar surface area (TPSA) is 12.0 Å². The van der Waals surface area contributed by atoms with Gasteiger partial charge in [0.15, 0.2) is 0 Å². The van der Waals surface area contributed by atoms with Gasteiger partial charge in [0.25, 0.3) is 0 Å². The van der Waals surface area contributed by atoms with Crippen LogP contribution in [0.25, 0.3) is 0 Å². The summed E-state index contributed by atoms with van der Waals surface area (Å²) in [5.74, 6) is 0. The summed E-state index contributed by atoms with van der Waals surface area (Å²) in [5.41, 5.74) is 1.21. The molecule has 17 heavy (non-hydrogen) atoms. The van der Waals surface area contributed by atoms with Crippen molar-refractivity contribution in [1.82, 2.24) is 5.32 Å². The average Bonchev–Trinajstić information content (AvgIpc) is 2.55. The third kappa shape index (κ3) is 6.66. The zero-order valence-corrected chi connectivity index (χ0v) is 12.9. The van der Waals surface area contributed by atoms with Crippen LogP contribution in [0.2, 0.25) is 8.67 Å². The fourth-order valence-corrected chi connectivity index (χ4v) is 3.27. The molecule has 0 amide bonds. The van der Waals surface area contributed by atoms with Gasteiger partial charge in [-0.2, -0.15) is 0 Å². The zero-order valence-electron chi connectivity index (χ0n) is 10.6. The first kappa shape index (κ1) is 15.3. The van der Waals surface area contributed by atoms with Crippen LogP contribution in [-0.2, 0) is 6.42 Å². The smallest absolute Gasteiger partial charge is 0.0976 e. The van der Waals surface area contributed by atoms with Gasteiger partial charge in [-0.25, -0.2) is 0 Å². The molecule has 0 saturated heterocycles. The van der Waals surface area contributed by atoms with Gasteiger partial charge in [0.05, 0.1) is 8.67 Å². The van der Waals surface area contributed by atoms with Crippen molar-refractivity contribution in [3.63, 3.8) is 0 Å². The van der Waals surface area contributed by atoms with E-state index in [1.807, 2.05) is 6.07 Å². The van der Waals surface area contributed by atoms with Crippen LogP contribution in [-0.4, -0.2) is 12.6 Å². The third-order valence-corrected chi connectivity index (χ3v) is 4.22. The van der Waals surface area contributed by atoms with Gasteiger partial charge in [0.2, 0.25) is 0 Å². The molecule has 0 atom stereocenters. The van der Waals surface area contributed by atoms with Crippen molar-refractivity contribution in [3.05, 3.63) is 20.3 Å². The highest BCUT2D eigenvalue weighted by Gasteiger charge is 2.05. The lowest BCUT2D eigenvalue weighted by Crippen LogP contribution is -2.23. The van der Waals surface area contributed by atoms with Gasteiger partial charge in [0, 0.05) is 6.04 Å². The fraction of sp³-hybridized carbons (Fsp3) is 0.692. The summed E-state index contributed by atoms with van der Waals surface area (Å²) < 4.78 is 1.66. The lowest BCUT2D eigenvalue weighted by molar-refractivity contribution is 0.542. The van der Waals surface area contributed by atoms with Crippen molar-refractivity contribution in [2.45, 2.75) is 52.0 Å². The summed E-state index contributed by atoms with van der Waals surface area (Å²) >= 11 is 13.4.